The predicted molar refractivity (Wildman–Crippen MR) is 142 cm³/mol. The molecule has 0 saturated heterocycles. The van der Waals surface area contributed by atoms with Crippen LogP contribution in [0.25, 0.3) is 11.3 Å². The Labute approximate surface area is 223 Å². The fraction of sp³-hybridized carbons (Fsp3) is 0.222. The Kier molecular flexibility index (Phi) is 7.62. The number of fused-ring (bicyclic) bond motifs is 3. The monoisotopic (exact) mass is 538 g/mol. The highest BCUT2D eigenvalue weighted by Gasteiger charge is 2.27. The third-order valence-electron chi connectivity index (χ3n) is 5.57. The first-order valence-electron chi connectivity index (χ1n) is 11.8. The van der Waals surface area contributed by atoms with Gasteiger partial charge in [-0.3, -0.25) is 0 Å². The van der Waals surface area contributed by atoms with Gasteiger partial charge in [0.1, 0.15) is 5.82 Å². The van der Waals surface area contributed by atoms with Crippen molar-refractivity contribution in [1.29, 1.82) is 0 Å². The van der Waals surface area contributed by atoms with Gasteiger partial charge in [-0.1, -0.05) is 59.8 Å². The second kappa shape index (κ2) is 11.2. The number of thioether (sulfide) groups is 1. The van der Waals surface area contributed by atoms with E-state index in [1.54, 1.807) is 24.3 Å². The molecule has 0 spiro atoms. The van der Waals surface area contributed by atoms with Crippen molar-refractivity contribution in [1.82, 2.24) is 15.2 Å². The van der Waals surface area contributed by atoms with Crippen molar-refractivity contribution in [2.45, 2.75) is 31.0 Å². The molecule has 10 heteroatoms. The summed E-state index contributed by atoms with van der Waals surface area (Å²) in [6.07, 6.45) is -0.657. The van der Waals surface area contributed by atoms with E-state index < -0.39 is 6.23 Å². The SMILES string of the molecule is CCOc1cc(C2Nc3ccccc3-c3nnc(SCc4ccccc4F)nc3O2)cc(Cl)c1OCC. The van der Waals surface area contributed by atoms with Crippen molar-refractivity contribution in [2.24, 2.45) is 0 Å². The van der Waals surface area contributed by atoms with Crippen molar-refractivity contribution in [3.63, 3.8) is 0 Å². The number of para-hydroxylation sites is 1. The zero-order valence-corrected chi connectivity index (χ0v) is 21.8. The molecule has 1 atom stereocenters. The summed E-state index contributed by atoms with van der Waals surface area (Å²) >= 11 is 7.87. The molecule has 1 aromatic heterocycles. The fourth-order valence-electron chi connectivity index (χ4n) is 3.90. The van der Waals surface area contributed by atoms with E-state index in [4.69, 9.17) is 25.8 Å². The number of hydrogen-bond donors (Lipinski definition) is 1. The lowest BCUT2D eigenvalue weighted by atomic mass is 10.1. The molecule has 1 N–H and O–H groups in total. The number of anilines is 1. The van der Waals surface area contributed by atoms with Crippen LogP contribution in [0.4, 0.5) is 10.1 Å². The van der Waals surface area contributed by atoms with Crippen molar-refractivity contribution >= 4 is 29.1 Å². The first kappa shape index (κ1) is 25.1. The lowest BCUT2D eigenvalue weighted by molar-refractivity contribution is 0.223. The first-order chi connectivity index (χ1) is 18.1. The van der Waals surface area contributed by atoms with Gasteiger partial charge in [0.2, 0.25) is 11.0 Å². The maximum Gasteiger partial charge on any atom is 0.247 e. The number of rotatable bonds is 8. The first-order valence-corrected chi connectivity index (χ1v) is 13.2. The summed E-state index contributed by atoms with van der Waals surface area (Å²) in [7, 11) is 0. The Morgan fingerprint density at radius 2 is 1.81 bits per heavy atom. The van der Waals surface area contributed by atoms with Crippen LogP contribution < -0.4 is 19.5 Å². The summed E-state index contributed by atoms with van der Waals surface area (Å²) in [6.45, 7) is 4.68. The molecule has 5 rings (SSSR count). The van der Waals surface area contributed by atoms with Crippen molar-refractivity contribution in [3.8, 4) is 28.6 Å². The second-order valence-electron chi connectivity index (χ2n) is 8.01. The maximum atomic E-state index is 14.1. The molecule has 1 aliphatic heterocycles. The average Bonchev–Trinajstić information content (AvgIpc) is 3.07. The number of ether oxygens (including phenoxy) is 3. The molecule has 190 valence electrons. The summed E-state index contributed by atoms with van der Waals surface area (Å²) in [5, 5.41) is 12.9. The van der Waals surface area contributed by atoms with Crippen molar-refractivity contribution in [2.75, 3.05) is 18.5 Å². The molecule has 0 radical (unpaired) electrons. The quantitative estimate of drug-likeness (QED) is 0.242. The van der Waals surface area contributed by atoms with Gasteiger partial charge in [-0.05, 0) is 43.7 Å². The molecular weight excluding hydrogens is 515 g/mol. The smallest absolute Gasteiger partial charge is 0.247 e. The highest BCUT2D eigenvalue weighted by Crippen LogP contribution is 2.43. The Morgan fingerprint density at radius 1 is 1.03 bits per heavy atom. The molecule has 0 aliphatic carbocycles. The lowest BCUT2D eigenvalue weighted by Crippen LogP contribution is -2.17. The topological polar surface area (TPSA) is 78.4 Å². The second-order valence-corrected chi connectivity index (χ2v) is 9.36. The molecule has 0 amide bonds. The molecular formula is C27H24ClFN4O3S. The van der Waals surface area contributed by atoms with Gasteiger partial charge in [0.05, 0.1) is 18.2 Å². The third-order valence-corrected chi connectivity index (χ3v) is 6.74. The maximum absolute atomic E-state index is 14.1. The minimum absolute atomic E-state index is 0.273. The molecule has 7 nitrogen and oxygen atoms in total. The number of hydrogen-bond acceptors (Lipinski definition) is 8. The van der Waals surface area contributed by atoms with E-state index >= 15 is 0 Å². The Balaban J connectivity index is 1.51. The summed E-state index contributed by atoms with van der Waals surface area (Å²) in [6, 6.07) is 17.9. The van der Waals surface area contributed by atoms with E-state index in [9.17, 15) is 4.39 Å². The Morgan fingerprint density at radius 3 is 2.62 bits per heavy atom. The molecule has 2 heterocycles. The van der Waals surface area contributed by atoms with Gasteiger partial charge in [-0.25, -0.2) is 4.39 Å². The molecule has 0 fully saturated rings. The van der Waals surface area contributed by atoms with Crippen LogP contribution in [0, 0.1) is 5.82 Å². The van der Waals surface area contributed by atoms with E-state index in [-0.39, 0.29) is 5.82 Å². The molecule has 0 saturated carbocycles. The molecule has 4 aromatic rings. The van der Waals surface area contributed by atoms with Crippen LogP contribution in [0.15, 0.2) is 65.8 Å². The number of nitrogens with zero attached hydrogens (tertiary/aromatic N) is 3. The summed E-state index contributed by atoms with van der Waals surface area (Å²) < 4.78 is 32.0. The van der Waals surface area contributed by atoms with E-state index in [1.165, 1.54) is 17.8 Å². The fourth-order valence-corrected chi connectivity index (χ4v) is 4.94. The molecule has 1 aliphatic rings. The average molecular weight is 539 g/mol. The van der Waals surface area contributed by atoms with Crippen LogP contribution in [0.1, 0.15) is 31.2 Å². The van der Waals surface area contributed by atoms with E-state index in [0.29, 0.717) is 57.8 Å². The summed E-state index contributed by atoms with van der Waals surface area (Å²) in [5.74, 6) is 1.40. The summed E-state index contributed by atoms with van der Waals surface area (Å²) in [4.78, 5) is 4.64. The van der Waals surface area contributed by atoms with E-state index in [1.807, 2.05) is 44.2 Å². The van der Waals surface area contributed by atoms with E-state index in [0.717, 1.165) is 16.8 Å². The number of nitrogens with one attached hydrogen (secondary N) is 1. The van der Waals surface area contributed by atoms with Gasteiger partial charge in [0.25, 0.3) is 0 Å². The molecule has 37 heavy (non-hydrogen) atoms. The van der Waals surface area contributed by atoms with Gasteiger partial charge in [0.15, 0.2) is 23.4 Å². The minimum Gasteiger partial charge on any atom is -0.490 e. The lowest BCUT2D eigenvalue weighted by Gasteiger charge is -2.21. The zero-order valence-electron chi connectivity index (χ0n) is 20.2. The van der Waals surface area contributed by atoms with Crippen LogP contribution in [0.3, 0.4) is 0 Å². The minimum atomic E-state index is -0.657. The van der Waals surface area contributed by atoms with Crippen LogP contribution in [0.2, 0.25) is 5.02 Å². The van der Waals surface area contributed by atoms with Crippen LogP contribution >= 0.6 is 23.4 Å². The largest absolute Gasteiger partial charge is 0.490 e. The Bertz CT molecular complexity index is 1420. The molecule has 3 aromatic carbocycles. The normalized spacial score (nSPS) is 14.0. The van der Waals surface area contributed by atoms with Gasteiger partial charge >= 0.3 is 0 Å². The number of halogens is 2. The van der Waals surface area contributed by atoms with Crippen molar-refractivity contribution in [3.05, 3.63) is 82.6 Å². The zero-order chi connectivity index (χ0) is 25.8. The third kappa shape index (κ3) is 5.42. The van der Waals surface area contributed by atoms with Gasteiger partial charge in [0, 0.05) is 22.6 Å². The standard InChI is InChI=1S/C27H24ClFN4O3S/c1-3-34-22-14-17(13-19(28)24(22)35-4-2)25-30-21-12-8-6-10-18(21)23-26(36-25)31-27(33-32-23)37-15-16-9-5-7-11-20(16)29/h5-14,25,30H,3-4,15H2,1-2H3. The Hall–Kier alpha value is -3.56. The van der Waals surface area contributed by atoms with Crippen molar-refractivity contribution < 1.29 is 18.6 Å². The predicted octanol–water partition coefficient (Wildman–Crippen LogP) is 6.92. The van der Waals surface area contributed by atoms with Crippen LogP contribution in [-0.2, 0) is 5.75 Å². The molecule has 0 bridgehead atoms. The highest BCUT2D eigenvalue weighted by atomic mass is 35.5. The van der Waals surface area contributed by atoms with Gasteiger partial charge in [-0.15, -0.1) is 10.2 Å². The highest BCUT2D eigenvalue weighted by molar-refractivity contribution is 7.98. The number of benzene rings is 3. The van der Waals surface area contributed by atoms with E-state index in [2.05, 4.69) is 20.5 Å². The van der Waals surface area contributed by atoms with Crippen LogP contribution in [-0.4, -0.2) is 28.4 Å². The molecule has 1 unspecified atom stereocenters. The van der Waals surface area contributed by atoms with Gasteiger partial charge < -0.3 is 19.5 Å². The van der Waals surface area contributed by atoms with Crippen LogP contribution in [0.5, 0.6) is 17.4 Å². The number of aromatic nitrogens is 3. The summed E-state index contributed by atoms with van der Waals surface area (Å²) in [5.41, 5.74) is 3.38. The van der Waals surface area contributed by atoms with Gasteiger partial charge in [-0.2, -0.15) is 4.98 Å².